The smallest absolute Gasteiger partial charge is 0.306 e. The van der Waals surface area contributed by atoms with E-state index in [1.807, 2.05) is 0 Å². The number of carbonyl (C=O) groups excluding carboxylic acids is 2. The highest BCUT2D eigenvalue weighted by Gasteiger charge is 2.21. The van der Waals surface area contributed by atoms with Crippen molar-refractivity contribution in [3.05, 3.63) is 12.2 Å². The highest BCUT2D eigenvalue weighted by Crippen LogP contribution is 2.38. The van der Waals surface area contributed by atoms with Crippen LogP contribution in [-0.2, 0) is 32.7 Å². The lowest BCUT2D eigenvalue weighted by molar-refractivity contribution is -0.870. The molecular weight excluding hydrogens is 689 g/mol. The number of phosphoric acid groups is 1. The van der Waals surface area contributed by atoms with Crippen LogP contribution in [0.15, 0.2) is 12.2 Å². The Morgan fingerprint density at radius 1 is 0.623 bits per heavy atom. The number of esters is 2. The number of allylic oxidation sites excluding steroid dienone is 2. The molecule has 0 aliphatic heterocycles. The van der Waals surface area contributed by atoms with E-state index in [1.54, 1.807) is 21.1 Å². The number of ether oxygens (including phenoxy) is 2. The Morgan fingerprint density at radius 2 is 1.02 bits per heavy atom. The van der Waals surface area contributed by atoms with Crippen LogP contribution in [0.25, 0.3) is 0 Å². The molecule has 9 nitrogen and oxygen atoms in total. The van der Waals surface area contributed by atoms with Crippen molar-refractivity contribution >= 4 is 19.8 Å². The Morgan fingerprint density at radius 3 is 1.45 bits per heavy atom. The molecular formula is C43H84NO8P. The molecule has 0 rings (SSSR count). The monoisotopic (exact) mass is 779 g/mol. The summed E-state index contributed by atoms with van der Waals surface area (Å²) in [4.78, 5) is 38.4. The van der Waals surface area contributed by atoms with Crippen LogP contribution in [0.3, 0.4) is 0 Å². The van der Waals surface area contributed by atoms with Gasteiger partial charge in [-0.15, -0.1) is 0 Å². The SMILES string of the molecule is [2H]C([2H])(OC(=O)CCCCCCCCCCCCCCCC)[C@@]([2H])(OC(=O)CCCCCCC/C=C\CCCCCCCC)C([2H])([2H])OP(=O)([O-])OCC[N+](C)(C)C. The van der Waals surface area contributed by atoms with E-state index >= 15 is 0 Å². The van der Waals surface area contributed by atoms with Crippen molar-refractivity contribution in [1.29, 1.82) is 0 Å². The first kappa shape index (κ1) is 42.9. The van der Waals surface area contributed by atoms with Gasteiger partial charge >= 0.3 is 11.9 Å². The van der Waals surface area contributed by atoms with Crippen LogP contribution in [-0.4, -0.2) is 69.9 Å². The Balaban J connectivity index is 5.08. The van der Waals surface area contributed by atoms with E-state index in [0.29, 0.717) is 30.2 Å². The lowest BCUT2D eigenvalue weighted by Gasteiger charge is -2.28. The van der Waals surface area contributed by atoms with Crippen LogP contribution in [0.2, 0.25) is 0 Å². The molecule has 0 aromatic heterocycles. The van der Waals surface area contributed by atoms with Gasteiger partial charge in [-0.25, -0.2) is 0 Å². The average Bonchev–Trinajstić information content (AvgIpc) is 3.11. The second-order valence-electron chi connectivity index (χ2n) is 15.5. The summed E-state index contributed by atoms with van der Waals surface area (Å²) < 4.78 is 74.9. The van der Waals surface area contributed by atoms with Crippen molar-refractivity contribution in [1.82, 2.24) is 0 Å². The van der Waals surface area contributed by atoms with Crippen molar-refractivity contribution in [3.8, 4) is 0 Å². The average molecular weight is 779 g/mol. The van der Waals surface area contributed by atoms with E-state index < -0.39 is 39.0 Å². The van der Waals surface area contributed by atoms with Gasteiger partial charge in [-0.05, 0) is 38.5 Å². The quantitative estimate of drug-likeness (QED) is 0.0199. The topological polar surface area (TPSA) is 111 Å². The number of likely N-dealkylation sites (N-methyl/N-ethyl adjacent to an activating group) is 1. The summed E-state index contributed by atoms with van der Waals surface area (Å²) in [6.07, 6.45) is 29.2. The lowest BCUT2D eigenvalue weighted by atomic mass is 10.0. The van der Waals surface area contributed by atoms with Crippen molar-refractivity contribution in [2.75, 3.05) is 47.4 Å². The summed E-state index contributed by atoms with van der Waals surface area (Å²) in [5, 5.41) is 0. The molecule has 0 N–H and O–H groups in total. The fourth-order valence-electron chi connectivity index (χ4n) is 5.74. The zero-order valence-corrected chi connectivity index (χ0v) is 35.6. The molecule has 0 saturated heterocycles. The van der Waals surface area contributed by atoms with Crippen LogP contribution < -0.4 is 4.89 Å². The summed E-state index contributed by atoms with van der Waals surface area (Å²) >= 11 is 0. The van der Waals surface area contributed by atoms with Gasteiger partial charge in [0.1, 0.15) is 19.7 Å². The first-order valence-electron chi connectivity index (χ1n) is 23.9. The number of quaternary nitrogens is 1. The summed E-state index contributed by atoms with van der Waals surface area (Å²) in [5.41, 5.74) is 0. The number of carbonyl (C=O) groups is 2. The van der Waals surface area contributed by atoms with Crippen molar-refractivity contribution in [3.63, 3.8) is 0 Å². The van der Waals surface area contributed by atoms with E-state index in [4.69, 9.17) is 20.9 Å². The summed E-state index contributed by atoms with van der Waals surface area (Å²) in [6, 6.07) is 0. The van der Waals surface area contributed by atoms with Crippen LogP contribution in [0.4, 0.5) is 0 Å². The van der Waals surface area contributed by atoms with Gasteiger partial charge in [-0.1, -0.05) is 161 Å². The number of unbranched alkanes of at least 4 members (excludes halogenated alkanes) is 24. The lowest BCUT2D eigenvalue weighted by Crippen LogP contribution is -2.37. The second kappa shape index (κ2) is 36.4. The van der Waals surface area contributed by atoms with Crippen LogP contribution in [0.1, 0.15) is 207 Å². The van der Waals surface area contributed by atoms with Gasteiger partial charge in [0.25, 0.3) is 7.82 Å². The van der Waals surface area contributed by atoms with E-state index in [1.165, 1.54) is 96.3 Å². The maximum Gasteiger partial charge on any atom is 0.306 e. The van der Waals surface area contributed by atoms with E-state index in [-0.39, 0.29) is 26.0 Å². The van der Waals surface area contributed by atoms with Gasteiger partial charge < -0.3 is 27.9 Å². The van der Waals surface area contributed by atoms with Crippen molar-refractivity contribution in [2.24, 2.45) is 0 Å². The highest BCUT2D eigenvalue weighted by molar-refractivity contribution is 7.45. The molecule has 0 aliphatic carbocycles. The molecule has 0 spiro atoms. The number of rotatable bonds is 40. The first-order valence-corrected chi connectivity index (χ1v) is 22.8. The fourth-order valence-corrected chi connectivity index (χ4v) is 6.29. The summed E-state index contributed by atoms with van der Waals surface area (Å²) in [6.45, 7) is -3.23. The molecule has 0 heterocycles. The molecule has 10 heteroatoms. The largest absolute Gasteiger partial charge is 0.756 e. The van der Waals surface area contributed by atoms with Crippen molar-refractivity contribution < 1.29 is 48.9 Å². The molecule has 0 amide bonds. The Labute approximate surface area is 333 Å². The van der Waals surface area contributed by atoms with Gasteiger partial charge in [0, 0.05) is 12.8 Å². The van der Waals surface area contributed by atoms with Crippen molar-refractivity contribution in [2.45, 2.75) is 206 Å². The minimum Gasteiger partial charge on any atom is -0.756 e. The maximum absolute atomic E-state index is 13.0. The third-order valence-electron chi connectivity index (χ3n) is 9.11. The molecule has 0 fully saturated rings. The van der Waals surface area contributed by atoms with E-state index in [9.17, 15) is 19.0 Å². The normalized spacial score (nSPS) is 16.2. The Bertz CT molecular complexity index is 1140. The molecule has 0 aliphatic rings. The van der Waals surface area contributed by atoms with Gasteiger partial charge in [-0.2, -0.15) is 0 Å². The molecule has 1 unspecified atom stereocenters. The summed E-state index contributed by atoms with van der Waals surface area (Å²) in [7, 11) is -0.152. The van der Waals surface area contributed by atoms with E-state index in [2.05, 4.69) is 30.5 Å². The Hall–Kier alpha value is -1.25. The van der Waals surface area contributed by atoms with Crippen LogP contribution in [0, 0.1) is 0 Å². The summed E-state index contributed by atoms with van der Waals surface area (Å²) in [5.74, 6) is -2.23. The molecule has 53 heavy (non-hydrogen) atoms. The first-order chi connectivity index (χ1) is 27.3. The minimum absolute atomic E-state index is 0.202. The minimum atomic E-state index is -5.50. The standard InChI is InChI=1S/C43H84NO8P/c1-6-8-10-12-14-16-18-20-22-24-26-28-30-32-34-36-43(46)52-41(40-51-53(47,48)50-38-37-44(3,4)5)39-49-42(45)35-33-31-29-27-25-23-21-19-17-15-13-11-9-7-2/h20,22,41H,6-19,21,23-40H2,1-5H3/b22-20-/t41-/m1/s1/i39D2,40D2,41D. The predicted octanol–water partition coefficient (Wildman–Crippen LogP) is 11.6. The molecule has 314 valence electrons. The molecule has 0 saturated carbocycles. The second-order valence-corrected chi connectivity index (χ2v) is 16.9. The number of hydrogen-bond donors (Lipinski definition) is 0. The maximum atomic E-state index is 13.0. The zero-order chi connectivity index (χ0) is 43.8. The molecule has 0 aromatic carbocycles. The number of hydrogen-bond acceptors (Lipinski definition) is 8. The van der Waals surface area contributed by atoms with Gasteiger partial charge in [0.15, 0.2) is 6.08 Å². The van der Waals surface area contributed by atoms with Crippen LogP contribution >= 0.6 is 7.82 Å². The number of phosphoric ester groups is 1. The molecule has 0 bridgehead atoms. The Kier molecular flexibility index (Phi) is 29.4. The van der Waals surface area contributed by atoms with Gasteiger partial charge in [0.05, 0.1) is 34.6 Å². The highest BCUT2D eigenvalue weighted by atomic mass is 31.2. The van der Waals surface area contributed by atoms with Crippen LogP contribution in [0.5, 0.6) is 0 Å². The van der Waals surface area contributed by atoms with Gasteiger partial charge in [-0.3, -0.25) is 14.2 Å². The molecule has 2 atom stereocenters. The predicted molar refractivity (Wildman–Crippen MR) is 218 cm³/mol. The fraction of sp³-hybridized carbons (Fsp3) is 0.907. The third-order valence-corrected chi connectivity index (χ3v) is 9.93. The zero-order valence-electron chi connectivity index (χ0n) is 39.7. The number of nitrogens with zero attached hydrogens (tertiary/aromatic N) is 1. The molecule has 0 radical (unpaired) electrons. The van der Waals surface area contributed by atoms with E-state index in [0.717, 1.165) is 51.4 Å². The third kappa shape index (κ3) is 40.2. The molecule has 0 aromatic rings. The van der Waals surface area contributed by atoms with Gasteiger partial charge in [0.2, 0.25) is 0 Å².